The van der Waals surface area contributed by atoms with Crippen LogP contribution in [0.3, 0.4) is 0 Å². The summed E-state index contributed by atoms with van der Waals surface area (Å²) in [5.41, 5.74) is 0.806. The van der Waals surface area contributed by atoms with Gasteiger partial charge in [0.05, 0.1) is 18.5 Å². The summed E-state index contributed by atoms with van der Waals surface area (Å²) in [6.07, 6.45) is 2.66. The number of hydrogen-bond donors (Lipinski definition) is 2. The average Bonchev–Trinajstić information content (AvgIpc) is 2.40. The van der Waals surface area contributed by atoms with Crippen molar-refractivity contribution >= 4 is 11.6 Å². The van der Waals surface area contributed by atoms with Gasteiger partial charge in [0.1, 0.15) is 6.04 Å². The smallest absolute Gasteiger partial charge is 0.242 e. The van der Waals surface area contributed by atoms with Gasteiger partial charge in [-0.3, -0.25) is 4.79 Å². The van der Waals surface area contributed by atoms with E-state index in [1.54, 1.807) is 12.3 Å². The molecule has 0 saturated heterocycles. The van der Waals surface area contributed by atoms with Gasteiger partial charge < -0.3 is 15.4 Å². The van der Waals surface area contributed by atoms with E-state index in [0.29, 0.717) is 24.9 Å². The van der Waals surface area contributed by atoms with Crippen molar-refractivity contribution in [3.8, 4) is 5.88 Å². The molecule has 1 aromatic rings. The largest absolute Gasteiger partial charge is 0.478 e. The van der Waals surface area contributed by atoms with E-state index in [1.807, 2.05) is 19.9 Å². The molecule has 5 heteroatoms. The highest BCUT2D eigenvalue weighted by Gasteiger charge is 2.12. The van der Waals surface area contributed by atoms with Crippen molar-refractivity contribution in [1.29, 1.82) is 0 Å². The van der Waals surface area contributed by atoms with Gasteiger partial charge in [0.15, 0.2) is 0 Å². The number of aromatic nitrogens is 1. The fourth-order valence-electron chi connectivity index (χ4n) is 1.65. The lowest BCUT2D eigenvalue weighted by Crippen LogP contribution is -2.38. The predicted molar refractivity (Wildman–Crippen MR) is 81.0 cm³/mol. The van der Waals surface area contributed by atoms with Crippen molar-refractivity contribution < 1.29 is 9.53 Å². The van der Waals surface area contributed by atoms with Crippen molar-refractivity contribution in [2.24, 2.45) is 5.92 Å². The Balaban J connectivity index is 2.40. The van der Waals surface area contributed by atoms with Crippen LogP contribution in [0.4, 0.5) is 5.69 Å². The van der Waals surface area contributed by atoms with E-state index < -0.39 is 0 Å². The predicted octanol–water partition coefficient (Wildman–Crippen LogP) is 2.44. The number of carbonyl (C=O) groups is 1. The SMILES string of the molecule is CCOc1ccc(NC(C)C(=O)NCCC(C)C)cn1. The molecule has 0 aliphatic rings. The lowest BCUT2D eigenvalue weighted by Gasteiger charge is -2.15. The molecule has 1 atom stereocenters. The van der Waals surface area contributed by atoms with Crippen LogP contribution >= 0.6 is 0 Å². The highest BCUT2D eigenvalue weighted by atomic mass is 16.5. The van der Waals surface area contributed by atoms with Crippen molar-refractivity contribution in [1.82, 2.24) is 10.3 Å². The highest BCUT2D eigenvalue weighted by Crippen LogP contribution is 2.12. The summed E-state index contributed by atoms with van der Waals surface area (Å²) in [4.78, 5) is 16.0. The highest BCUT2D eigenvalue weighted by molar-refractivity contribution is 5.84. The van der Waals surface area contributed by atoms with E-state index in [1.165, 1.54) is 0 Å². The maximum atomic E-state index is 11.9. The lowest BCUT2D eigenvalue weighted by atomic mass is 10.1. The van der Waals surface area contributed by atoms with E-state index in [4.69, 9.17) is 4.74 Å². The maximum absolute atomic E-state index is 11.9. The van der Waals surface area contributed by atoms with Crippen LogP contribution in [0.15, 0.2) is 18.3 Å². The molecule has 1 rings (SSSR count). The van der Waals surface area contributed by atoms with Crippen molar-refractivity contribution in [2.45, 2.75) is 40.2 Å². The Bertz CT molecular complexity index is 404. The van der Waals surface area contributed by atoms with Gasteiger partial charge in [-0.25, -0.2) is 4.98 Å². The fraction of sp³-hybridized carbons (Fsp3) is 0.600. The zero-order valence-electron chi connectivity index (χ0n) is 12.8. The van der Waals surface area contributed by atoms with Crippen LogP contribution in [0.1, 0.15) is 34.1 Å². The Hall–Kier alpha value is -1.78. The number of anilines is 1. The quantitative estimate of drug-likeness (QED) is 0.767. The van der Waals surface area contributed by atoms with Gasteiger partial charge >= 0.3 is 0 Å². The monoisotopic (exact) mass is 279 g/mol. The molecule has 0 bridgehead atoms. The number of amides is 1. The lowest BCUT2D eigenvalue weighted by molar-refractivity contribution is -0.121. The number of rotatable bonds is 8. The number of carbonyl (C=O) groups excluding carboxylic acids is 1. The first-order valence-electron chi connectivity index (χ1n) is 7.16. The first kappa shape index (κ1) is 16.3. The van der Waals surface area contributed by atoms with Crippen LogP contribution in [0.5, 0.6) is 5.88 Å². The molecule has 5 nitrogen and oxygen atoms in total. The summed E-state index contributed by atoms with van der Waals surface area (Å²) in [7, 11) is 0. The molecule has 1 aromatic heterocycles. The standard InChI is InChI=1S/C15H25N3O2/c1-5-20-14-7-6-13(10-17-14)18-12(4)15(19)16-9-8-11(2)3/h6-7,10-12,18H,5,8-9H2,1-4H3,(H,16,19). The second kappa shape index (κ2) is 8.40. The number of ether oxygens (including phenoxy) is 1. The minimum Gasteiger partial charge on any atom is -0.478 e. The first-order chi connectivity index (χ1) is 9.52. The molecule has 1 heterocycles. The average molecular weight is 279 g/mol. The summed E-state index contributed by atoms with van der Waals surface area (Å²) in [6, 6.07) is 3.35. The normalized spacial score (nSPS) is 12.1. The number of pyridine rings is 1. The van der Waals surface area contributed by atoms with E-state index in [9.17, 15) is 4.79 Å². The zero-order chi connectivity index (χ0) is 15.0. The molecular weight excluding hydrogens is 254 g/mol. The molecule has 0 aliphatic carbocycles. The number of nitrogens with zero attached hydrogens (tertiary/aromatic N) is 1. The third-order valence-corrected chi connectivity index (χ3v) is 2.83. The van der Waals surface area contributed by atoms with Crippen LogP contribution in [-0.4, -0.2) is 30.1 Å². The van der Waals surface area contributed by atoms with Gasteiger partial charge in [-0.05, 0) is 32.3 Å². The van der Waals surface area contributed by atoms with Crippen LogP contribution in [0, 0.1) is 5.92 Å². The summed E-state index contributed by atoms with van der Waals surface area (Å²) in [5.74, 6) is 1.18. The number of hydrogen-bond acceptors (Lipinski definition) is 4. The van der Waals surface area contributed by atoms with Crippen LogP contribution in [0.25, 0.3) is 0 Å². The second-order valence-electron chi connectivity index (χ2n) is 5.16. The molecule has 2 N–H and O–H groups in total. The topological polar surface area (TPSA) is 63.2 Å². The molecule has 1 amide bonds. The van der Waals surface area contributed by atoms with E-state index in [0.717, 1.165) is 12.1 Å². The minimum atomic E-state index is -0.290. The minimum absolute atomic E-state index is 0.000431. The molecule has 0 aromatic carbocycles. The van der Waals surface area contributed by atoms with Crippen molar-refractivity contribution in [3.05, 3.63) is 18.3 Å². The maximum Gasteiger partial charge on any atom is 0.242 e. The molecule has 112 valence electrons. The van der Waals surface area contributed by atoms with Crippen LogP contribution in [0.2, 0.25) is 0 Å². The molecule has 0 fully saturated rings. The Morgan fingerprint density at radius 1 is 1.35 bits per heavy atom. The van der Waals surface area contributed by atoms with E-state index >= 15 is 0 Å². The first-order valence-corrected chi connectivity index (χ1v) is 7.16. The Kier molecular flexibility index (Phi) is 6.84. The summed E-state index contributed by atoms with van der Waals surface area (Å²) in [5, 5.41) is 6.04. The third kappa shape index (κ3) is 5.91. The van der Waals surface area contributed by atoms with Crippen molar-refractivity contribution in [2.75, 3.05) is 18.5 Å². The van der Waals surface area contributed by atoms with Gasteiger partial charge in [-0.2, -0.15) is 0 Å². The molecule has 0 aliphatic heterocycles. The number of nitrogens with one attached hydrogen (secondary N) is 2. The summed E-state index contributed by atoms with van der Waals surface area (Å²) in [6.45, 7) is 9.33. The molecule has 0 radical (unpaired) electrons. The summed E-state index contributed by atoms with van der Waals surface area (Å²) < 4.78 is 5.27. The molecular formula is C15H25N3O2. The van der Waals surface area contributed by atoms with E-state index in [2.05, 4.69) is 29.5 Å². The van der Waals surface area contributed by atoms with Gasteiger partial charge in [-0.15, -0.1) is 0 Å². The van der Waals surface area contributed by atoms with Gasteiger partial charge in [-0.1, -0.05) is 13.8 Å². The third-order valence-electron chi connectivity index (χ3n) is 2.83. The molecule has 1 unspecified atom stereocenters. The molecule has 0 spiro atoms. The van der Waals surface area contributed by atoms with Crippen LogP contribution < -0.4 is 15.4 Å². The fourth-order valence-corrected chi connectivity index (χ4v) is 1.65. The van der Waals surface area contributed by atoms with E-state index in [-0.39, 0.29) is 11.9 Å². The second-order valence-corrected chi connectivity index (χ2v) is 5.16. The van der Waals surface area contributed by atoms with Gasteiger partial charge in [0, 0.05) is 12.6 Å². The van der Waals surface area contributed by atoms with Gasteiger partial charge in [0.2, 0.25) is 11.8 Å². The van der Waals surface area contributed by atoms with Gasteiger partial charge in [0.25, 0.3) is 0 Å². The zero-order valence-corrected chi connectivity index (χ0v) is 12.8. The molecule has 20 heavy (non-hydrogen) atoms. The Labute approximate surface area is 121 Å². The Morgan fingerprint density at radius 2 is 2.10 bits per heavy atom. The Morgan fingerprint density at radius 3 is 2.65 bits per heavy atom. The van der Waals surface area contributed by atoms with Crippen molar-refractivity contribution in [3.63, 3.8) is 0 Å². The molecule has 0 saturated carbocycles. The summed E-state index contributed by atoms with van der Waals surface area (Å²) >= 11 is 0. The van der Waals surface area contributed by atoms with Crippen LogP contribution in [-0.2, 0) is 4.79 Å².